The molecule has 1 heterocycles. The molecule has 0 saturated heterocycles. The zero-order valence-electron chi connectivity index (χ0n) is 6.97. The number of ether oxygens (including phenoxy) is 1. The second-order valence-corrected chi connectivity index (χ2v) is 2.18. The van der Waals surface area contributed by atoms with Crippen LogP contribution in [0.25, 0.3) is 0 Å². The Labute approximate surface area is 69.5 Å². The van der Waals surface area contributed by atoms with Crippen molar-refractivity contribution < 1.29 is 9.53 Å². The average Bonchev–Trinajstić information content (AvgIpc) is 2.55. The van der Waals surface area contributed by atoms with Gasteiger partial charge in [-0.05, 0) is 19.1 Å². The van der Waals surface area contributed by atoms with Crippen molar-refractivity contribution in [3.05, 3.63) is 6.33 Å². The molecule has 1 aromatic heterocycles. The minimum absolute atomic E-state index is 0.351. The SMILES string of the molecule is CCOC(=O)C(C)n1ncnn1. The van der Waals surface area contributed by atoms with Crippen molar-refractivity contribution in [1.29, 1.82) is 0 Å². The van der Waals surface area contributed by atoms with Gasteiger partial charge in [0.05, 0.1) is 6.61 Å². The molecule has 0 N–H and O–H groups in total. The number of hydrogen-bond acceptors (Lipinski definition) is 5. The molecule has 1 aromatic rings. The fraction of sp³-hybridized carbons (Fsp3) is 0.667. The minimum atomic E-state index is -0.507. The smallest absolute Gasteiger partial charge is 0.332 e. The minimum Gasteiger partial charge on any atom is -0.464 e. The van der Waals surface area contributed by atoms with Crippen LogP contribution in [-0.4, -0.2) is 32.8 Å². The molecule has 0 aliphatic rings. The molecular weight excluding hydrogens is 160 g/mol. The molecule has 0 aliphatic heterocycles. The van der Waals surface area contributed by atoms with Crippen molar-refractivity contribution in [2.24, 2.45) is 0 Å². The Kier molecular flexibility index (Phi) is 2.73. The van der Waals surface area contributed by atoms with E-state index in [4.69, 9.17) is 4.74 Å². The number of tetrazole rings is 1. The van der Waals surface area contributed by atoms with Crippen LogP contribution < -0.4 is 0 Å². The van der Waals surface area contributed by atoms with Crippen molar-refractivity contribution in [2.75, 3.05) is 6.61 Å². The van der Waals surface area contributed by atoms with Crippen LogP contribution in [0.15, 0.2) is 6.33 Å². The summed E-state index contributed by atoms with van der Waals surface area (Å²) in [6.07, 6.45) is 1.27. The highest BCUT2D eigenvalue weighted by molar-refractivity contribution is 5.73. The molecule has 0 amide bonds. The Bertz CT molecular complexity index is 246. The quantitative estimate of drug-likeness (QED) is 0.587. The normalized spacial score (nSPS) is 12.5. The van der Waals surface area contributed by atoms with Crippen molar-refractivity contribution in [3.8, 4) is 0 Å². The van der Waals surface area contributed by atoms with Gasteiger partial charge in [-0.2, -0.15) is 4.80 Å². The summed E-state index contributed by atoms with van der Waals surface area (Å²) in [5.41, 5.74) is 0. The van der Waals surface area contributed by atoms with E-state index in [0.717, 1.165) is 0 Å². The van der Waals surface area contributed by atoms with E-state index < -0.39 is 6.04 Å². The fourth-order valence-electron chi connectivity index (χ4n) is 0.710. The van der Waals surface area contributed by atoms with Gasteiger partial charge in [0.25, 0.3) is 0 Å². The highest BCUT2D eigenvalue weighted by Crippen LogP contribution is 2.01. The number of nitrogens with zero attached hydrogens (tertiary/aromatic N) is 4. The number of esters is 1. The van der Waals surface area contributed by atoms with Gasteiger partial charge >= 0.3 is 5.97 Å². The van der Waals surface area contributed by atoms with Gasteiger partial charge < -0.3 is 4.74 Å². The fourth-order valence-corrected chi connectivity index (χ4v) is 0.710. The molecule has 12 heavy (non-hydrogen) atoms. The van der Waals surface area contributed by atoms with Crippen LogP contribution in [0.1, 0.15) is 19.9 Å². The lowest BCUT2D eigenvalue weighted by Gasteiger charge is -2.07. The Morgan fingerprint density at radius 1 is 1.75 bits per heavy atom. The zero-order valence-corrected chi connectivity index (χ0v) is 6.97. The van der Waals surface area contributed by atoms with E-state index in [1.807, 2.05) is 0 Å². The number of aromatic nitrogens is 4. The summed E-state index contributed by atoms with van der Waals surface area (Å²) in [7, 11) is 0. The third kappa shape index (κ3) is 1.77. The van der Waals surface area contributed by atoms with E-state index >= 15 is 0 Å². The summed E-state index contributed by atoms with van der Waals surface area (Å²) in [5.74, 6) is -0.351. The number of hydrogen-bond donors (Lipinski definition) is 0. The molecule has 0 fully saturated rings. The van der Waals surface area contributed by atoms with Crippen LogP contribution in [0.3, 0.4) is 0 Å². The van der Waals surface area contributed by atoms with E-state index in [9.17, 15) is 4.79 Å². The van der Waals surface area contributed by atoms with E-state index in [1.165, 1.54) is 11.1 Å². The maximum absolute atomic E-state index is 11.1. The van der Waals surface area contributed by atoms with Crippen LogP contribution in [0.5, 0.6) is 0 Å². The number of carbonyl (C=O) groups is 1. The summed E-state index contributed by atoms with van der Waals surface area (Å²) < 4.78 is 4.76. The molecule has 1 unspecified atom stereocenters. The summed E-state index contributed by atoms with van der Waals surface area (Å²) in [6, 6.07) is -0.507. The Morgan fingerprint density at radius 3 is 3.00 bits per heavy atom. The average molecular weight is 170 g/mol. The summed E-state index contributed by atoms with van der Waals surface area (Å²) in [6.45, 7) is 3.76. The third-order valence-electron chi connectivity index (χ3n) is 1.34. The second kappa shape index (κ2) is 3.80. The molecule has 6 heteroatoms. The van der Waals surface area contributed by atoms with Gasteiger partial charge in [-0.15, -0.1) is 10.2 Å². The molecule has 1 atom stereocenters. The molecule has 0 radical (unpaired) electrons. The molecule has 0 saturated carbocycles. The lowest BCUT2D eigenvalue weighted by molar-refractivity contribution is -0.147. The lowest BCUT2D eigenvalue weighted by Crippen LogP contribution is -2.21. The molecule has 0 spiro atoms. The van der Waals surface area contributed by atoms with Crippen molar-refractivity contribution in [3.63, 3.8) is 0 Å². The van der Waals surface area contributed by atoms with Crippen LogP contribution in [0.2, 0.25) is 0 Å². The van der Waals surface area contributed by atoms with Crippen molar-refractivity contribution in [2.45, 2.75) is 19.9 Å². The Hall–Kier alpha value is -1.46. The monoisotopic (exact) mass is 170 g/mol. The van der Waals surface area contributed by atoms with E-state index in [1.54, 1.807) is 13.8 Å². The largest absolute Gasteiger partial charge is 0.464 e. The standard InChI is InChI=1S/C6H10N4O2/c1-3-12-6(11)5(2)10-8-4-7-9-10/h4-5H,3H2,1-2H3. The zero-order chi connectivity index (χ0) is 8.97. The first-order chi connectivity index (χ1) is 5.75. The van der Waals surface area contributed by atoms with Gasteiger partial charge in [-0.25, -0.2) is 4.79 Å². The second-order valence-electron chi connectivity index (χ2n) is 2.18. The Balaban J connectivity index is 2.59. The van der Waals surface area contributed by atoms with Gasteiger partial charge in [-0.1, -0.05) is 0 Å². The van der Waals surface area contributed by atoms with Gasteiger partial charge in [0.15, 0.2) is 12.4 Å². The lowest BCUT2D eigenvalue weighted by atomic mass is 10.4. The molecule has 1 rings (SSSR count). The molecule has 66 valence electrons. The van der Waals surface area contributed by atoms with Gasteiger partial charge in [0, 0.05) is 0 Å². The summed E-state index contributed by atoms with van der Waals surface area (Å²) in [4.78, 5) is 12.3. The van der Waals surface area contributed by atoms with Gasteiger partial charge in [0.2, 0.25) is 0 Å². The van der Waals surface area contributed by atoms with E-state index in [2.05, 4.69) is 15.4 Å². The maximum atomic E-state index is 11.1. The van der Waals surface area contributed by atoms with Crippen LogP contribution >= 0.6 is 0 Å². The highest BCUT2D eigenvalue weighted by atomic mass is 16.5. The van der Waals surface area contributed by atoms with E-state index in [0.29, 0.717) is 6.61 Å². The summed E-state index contributed by atoms with van der Waals surface area (Å²) in [5, 5.41) is 10.8. The predicted molar refractivity (Wildman–Crippen MR) is 39.2 cm³/mol. The van der Waals surface area contributed by atoms with Crippen LogP contribution in [0, 0.1) is 0 Å². The predicted octanol–water partition coefficient (Wildman–Crippen LogP) is -0.203. The molecule has 0 bridgehead atoms. The molecule has 0 aliphatic carbocycles. The first-order valence-corrected chi connectivity index (χ1v) is 3.64. The van der Waals surface area contributed by atoms with Crippen molar-refractivity contribution in [1.82, 2.24) is 20.2 Å². The topological polar surface area (TPSA) is 69.9 Å². The maximum Gasteiger partial charge on any atom is 0.332 e. The number of rotatable bonds is 3. The molecule has 6 nitrogen and oxygen atoms in total. The summed E-state index contributed by atoms with van der Waals surface area (Å²) >= 11 is 0. The first kappa shape index (κ1) is 8.63. The molecular formula is C6H10N4O2. The van der Waals surface area contributed by atoms with Crippen LogP contribution in [0.4, 0.5) is 0 Å². The highest BCUT2D eigenvalue weighted by Gasteiger charge is 2.17. The first-order valence-electron chi connectivity index (χ1n) is 3.64. The molecule has 0 aromatic carbocycles. The van der Waals surface area contributed by atoms with Crippen molar-refractivity contribution >= 4 is 5.97 Å². The van der Waals surface area contributed by atoms with E-state index in [-0.39, 0.29) is 5.97 Å². The Morgan fingerprint density at radius 2 is 2.50 bits per heavy atom. The third-order valence-corrected chi connectivity index (χ3v) is 1.34. The van der Waals surface area contributed by atoms with Gasteiger partial charge in [0.1, 0.15) is 0 Å². The van der Waals surface area contributed by atoms with Gasteiger partial charge in [-0.3, -0.25) is 0 Å². The number of carbonyl (C=O) groups excluding carboxylic acids is 1. The van der Waals surface area contributed by atoms with Crippen LogP contribution in [-0.2, 0) is 9.53 Å².